The fourth-order valence-electron chi connectivity index (χ4n) is 3.15. The summed E-state index contributed by atoms with van der Waals surface area (Å²) < 4.78 is 0. The van der Waals surface area contributed by atoms with Gasteiger partial charge in [-0.2, -0.15) is 0 Å². The van der Waals surface area contributed by atoms with E-state index in [1.54, 1.807) is 18.5 Å². The summed E-state index contributed by atoms with van der Waals surface area (Å²) in [7, 11) is 2.05. The van der Waals surface area contributed by atoms with Gasteiger partial charge in [-0.3, -0.25) is 10.3 Å². The van der Waals surface area contributed by atoms with Gasteiger partial charge in [-0.15, -0.1) is 0 Å². The van der Waals surface area contributed by atoms with E-state index < -0.39 is 0 Å². The largest absolute Gasteiger partial charge is 0.354 e. The Hall–Kier alpha value is -3.00. The van der Waals surface area contributed by atoms with E-state index in [1.807, 2.05) is 19.1 Å². The molecular weight excluding hydrogens is 342 g/mol. The Kier molecular flexibility index (Phi) is 5.66. The zero-order valence-corrected chi connectivity index (χ0v) is 15.8. The molecule has 2 amide bonds. The van der Waals surface area contributed by atoms with Crippen LogP contribution in [0.25, 0.3) is 0 Å². The smallest absolute Gasteiger partial charge is 0.320 e. The Morgan fingerprint density at radius 3 is 2.85 bits per heavy atom. The number of aromatic nitrogens is 2. The predicted octanol–water partition coefficient (Wildman–Crippen LogP) is 2.74. The Balaban J connectivity index is 1.66. The third-order valence-corrected chi connectivity index (χ3v) is 4.90. The number of likely N-dealkylation sites (tertiary alicyclic amines) is 1. The topological polar surface area (TPSA) is 106 Å². The van der Waals surface area contributed by atoms with Crippen LogP contribution in [0, 0.1) is 12.3 Å². The summed E-state index contributed by atoms with van der Waals surface area (Å²) in [5.74, 6) is 0.404. The quantitative estimate of drug-likeness (QED) is 0.608. The van der Waals surface area contributed by atoms with Gasteiger partial charge in [0.2, 0.25) is 0 Å². The van der Waals surface area contributed by atoms with E-state index in [0.29, 0.717) is 23.1 Å². The number of likely N-dealkylation sites (N-methyl/N-ethyl adjacent to an activating group) is 1. The lowest BCUT2D eigenvalue weighted by atomic mass is 10.1. The molecule has 0 bridgehead atoms. The van der Waals surface area contributed by atoms with Crippen LogP contribution in [0.15, 0.2) is 30.6 Å². The Bertz CT molecular complexity index is 839. The SMILES string of the molecule is Cc1cc(Nc2cnc(NC(=O)NC3CCN(C)C3C)cc2C=N)ccn1. The lowest BCUT2D eigenvalue weighted by Gasteiger charge is -2.21. The Morgan fingerprint density at radius 2 is 2.19 bits per heavy atom. The molecule has 2 aromatic rings. The maximum Gasteiger partial charge on any atom is 0.320 e. The van der Waals surface area contributed by atoms with Crippen LogP contribution in [0.1, 0.15) is 24.6 Å². The number of rotatable bonds is 5. The number of nitrogens with one attached hydrogen (secondary N) is 4. The number of anilines is 3. The van der Waals surface area contributed by atoms with Crippen molar-refractivity contribution in [3.8, 4) is 0 Å². The summed E-state index contributed by atoms with van der Waals surface area (Å²) >= 11 is 0. The van der Waals surface area contributed by atoms with E-state index in [0.717, 1.165) is 24.3 Å². The van der Waals surface area contributed by atoms with Gasteiger partial charge in [0, 0.05) is 48.0 Å². The summed E-state index contributed by atoms with van der Waals surface area (Å²) in [6, 6.07) is 5.57. The molecule has 0 aromatic carbocycles. The molecule has 0 radical (unpaired) electrons. The molecule has 2 aromatic heterocycles. The van der Waals surface area contributed by atoms with E-state index in [2.05, 4.69) is 44.8 Å². The van der Waals surface area contributed by atoms with Gasteiger partial charge in [0.1, 0.15) is 5.82 Å². The first kappa shape index (κ1) is 18.8. The molecule has 2 atom stereocenters. The van der Waals surface area contributed by atoms with Crippen molar-refractivity contribution in [1.82, 2.24) is 20.2 Å². The summed E-state index contributed by atoms with van der Waals surface area (Å²) in [6.45, 7) is 4.98. The van der Waals surface area contributed by atoms with Crippen molar-refractivity contribution in [1.29, 1.82) is 5.41 Å². The molecule has 142 valence electrons. The second-order valence-corrected chi connectivity index (χ2v) is 6.83. The Morgan fingerprint density at radius 1 is 1.37 bits per heavy atom. The first-order chi connectivity index (χ1) is 13.0. The summed E-state index contributed by atoms with van der Waals surface area (Å²) in [5, 5.41) is 16.6. The van der Waals surface area contributed by atoms with Crippen LogP contribution >= 0.6 is 0 Å². The van der Waals surface area contributed by atoms with E-state index in [1.165, 1.54) is 6.21 Å². The number of carbonyl (C=O) groups excluding carboxylic acids is 1. The van der Waals surface area contributed by atoms with E-state index >= 15 is 0 Å². The van der Waals surface area contributed by atoms with E-state index in [9.17, 15) is 4.79 Å². The molecular formula is C19H25N7O. The molecule has 2 unspecified atom stereocenters. The standard InChI is InChI=1S/C19H25N7O/c1-12-8-15(4-6-21-12)23-17-11-22-18(9-14(17)10-20)25-19(27)24-16-5-7-26(3)13(16)2/h4,6,8-11,13,16,20H,5,7H2,1-3H3,(H,21,23)(H2,22,24,25,27). The van der Waals surface area contributed by atoms with Crippen LogP contribution in [0.2, 0.25) is 0 Å². The maximum atomic E-state index is 12.3. The normalized spacial score (nSPS) is 19.5. The van der Waals surface area contributed by atoms with Gasteiger partial charge in [0.15, 0.2) is 0 Å². The zero-order valence-electron chi connectivity index (χ0n) is 15.8. The van der Waals surface area contributed by atoms with Crippen LogP contribution in [-0.4, -0.2) is 52.8 Å². The van der Waals surface area contributed by atoms with Crippen molar-refractivity contribution < 1.29 is 4.79 Å². The first-order valence-electron chi connectivity index (χ1n) is 8.94. The minimum absolute atomic E-state index is 0.119. The minimum Gasteiger partial charge on any atom is -0.354 e. The number of hydrogen-bond acceptors (Lipinski definition) is 6. The van der Waals surface area contributed by atoms with Gasteiger partial charge in [-0.1, -0.05) is 0 Å². The van der Waals surface area contributed by atoms with Crippen molar-refractivity contribution in [2.45, 2.75) is 32.4 Å². The maximum absolute atomic E-state index is 12.3. The number of amides is 2. The first-order valence-corrected chi connectivity index (χ1v) is 8.94. The van der Waals surface area contributed by atoms with Crippen molar-refractivity contribution in [3.63, 3.8) is 0 Å². The lowest BCUT2D eigenvalue weighted by Crippen LogP contribution is -2.44. The van der Waals surface area contributed by atoms with Crippen molar-refractivity contribution in [3.05, 3.63) is 41.9 Å². The molecule has 4 N–H and O–H groups in total. The number of urea groups is 1. The second kappa shape index (κ2) is 8.13. The molecule has 1 aliphatic heterocycles. The number of carbonyl (C=O) groups is 1. The average Bonchev–Trinajstić information content (AvgIpc) is 2.95. The average molecular weight is 367 g/mol. The van der Waals surface area contributed by atoms with Gasteiger partial charge in [-0.25, -0.2) is 9.78 Å². The number of pyridine rings is 2. The number of nitrogens with zero attached hydrogens (tertiary/aromatic N) is 3. The van der Waals surface area contributed by atoms with Gasteiger partial charge in [0.25, 0.3) is 0 Å². The fourth-order valence-corrected chi connectivity index (χ4v) is 3.15. The van der Waals surface area contributed by atoms with Crippen LogP contribution in [0.4, 0.5) is 22.0 Å². The van der Waals surface area contributed by atoms with Crippen LogP contribution in [0.3, 0.4) is 0 Å². The number of hydrogen-bond donors (Lipinski definition) is 4. The van der Waals surface area contributed by atoms with Gasteiger partial charge in [0.05, 0.1) is 11.9 Å². The fraction of sp³-hybridized carbons (Fsp3) is 0.368. The van der Waals surface area contributed by atoms with Crippen molar-refractivity contribution >= 4 is 29.4 Å². The lowest BCUT2D eigenvalue weighted by molar-refractivity contribution is 0.242. The summed E-state index contributed by atoms with van der Waals surface area (Å²) in [6.07, 6.45) is 5.49. The van der Waals surface area contributed by atoms with Gasteiger partial charge < -0.3 is 20.9 Å². The van der Waals surface area contributed by atoms with Crippen LogP contribution < -0.4 is 16.0 Å². The van der Waals surface area contributed by atoms with Gasteiger partial charge >= 0.3 is 6.03 Å². The highest BCUT2D eigenvalue weighted by Gasteiger charge is 2.29. The molecule has 3 heterocycles. The van der Waals surface area contributed by atoms with Gasteiger partial charge in [-0.05, 0) is 45.5 Å². The Labute approximate surface area is 158 Å². The van der Waals surface area contributed by atoms with Crippen molar-refractivity contribution in [2.24, 2.45) is 0 Å². The molecule has 0 aliphatic carbocycles. The third kappa shape index (κ3) is 4.59. The molecule has 0 spiro atoms. The molecule has 1 saturated heterocycles. The van der Waals surface area contributed by atoms with E-state index in [4.69, 9.17) is 5.41 Å². The van der Waals surface area contributed by atoms with E-state index in [-0.39, 0.29) is 12.1 Å². The third-order valence-electron chi connectivity index (χ3n) is 4.90. The number of aryl methyl sites for hydroxylation is 1. The highest BCUT2D eigenvalue weighted by atomic mass is 16.2. The predicted molar refractivity (Wildman–Crippen MR) is 107 cm³/mol. The zero-order chi connectivity index (χ0) is 19.4. The molecule has 1 fully saturated rings. The van der Waals surface area contributed by atoms with Crippen LogP contribution in [-0.2, 0) is 0 Å². The summed E-state index contributed by atoms with van der Waals surface area (Å²) in [5.41, 5.74) is 3.08. The molecule has 27 heavy (non-hydrogen) atoms. The minimum atomic E-state index is -0.281. The molecule has 1 aliphatic rings. The van der Waals surface area contributed by atoms with Crippen LogP contribution in [0.5, 0.6) is 0 Å². The molecule has 0 saturated carbocycles. The monoisotopic (exact) mass is 367 g/mol. The molecule has 3 rings (SSSR count). The molecule has 8 heteroatoms. The second-order valence-electron chi connectivity index (χ2n) is 6.83. The highest BCUT2D eigenvalue weighted by Crippen LogP contribution is 2.21. The highest BCUT2D eigenvalue weighted by molar-refractivity contribution is 5.92. The molecule has 8 nitrogen and oxygen atoms in total. The van der Waals surface area contributed by atoms with Crippen molar-refractivity contribution in [2.75, 3.05) is 24.2 Å². The summed E-state index contributed by atoms with van der Waals surface area (Å²) in [4.78, 5) is 22.9.